The first-order valence-corrected chi connectivity index (χ1v) is 9.97. The summed E-state index contributed by atoms with van der Waals surface area (Å²) in [7, 11) is 1.66. The summed E-state index contributed by atoms with van der Waals surface area (Å²) >= 11 is 1.50. The van der Waals surface area contributed by atoms with Crippen LogP contribution >= 0.6 is 11.3 Å². The van der Waals surface area contributed by atoms with E-state index < -0.39 is 0 Å². The van der Waals surface area contributed by atoms with Gasteiger partial charge >= 0.3 is 0 Å². The summed E-state index contributed by atoms with van der Waals surface area (Å²) in [5.74, 6) is 1.65. The summed E-state index contributed by atoms with van der Waals surface area (Å²) in [6.07, 6.45) is 0.326. The maximum Gasteiger partial charge on any atom is 0.235 e. The van der Waals surface area contributed by atoms with E-state index in [0.717, 1.165) is 29.3 Å². The Hall–Kier alpha value is -2.16. The van der Waals surface area contributed by atoms with Crippen molar-refractivity contribution in [1.82, 2.24) is 14.6 Å². The molecule has 0 spiro atoms. The van der Waals surface area contributed by atoms with E-state index in [1.54, 1.807) is 11.6 Å². The molecule has 1 aromatic carbocycles. The first kappa shape index (κ1) is 18.2. The number of aromatic nitrogens is 3. The number of hydrogen-bond donors (Lipinski definition) is 2. The lowest BCUT2D eigenvalue weighted by molar-refractivity contribution is -0.939. The molecule has 0 aliphatic carbocycles. The van der Waals surface area contributed by atoms with Gasteiger partial charge in [0.05, 0.1) is 7.11 Å². The van der Waals surface area contributed by atoms with Crippen LogP contribution in [0, 0.1) is 6.92 Å². The fourth-order valence-electron chi connectivity index (χ4n) is 3.96. The second-order valence-corrected chi connectivity index (χ2v) is 8.18. The van der Waals surface area contributed by atoms with Crippen molar-refractivity contribution < 1.29 is 19.5 Å². The maximum absolute atomic E-state index is 10.9. The van der Waals surface area contributed by atoms with Crippen molar-refractivity contribution in [3.05, 3.63) is 40.5 Å². The first-order chi connectivity index (χ1) is 13.0. The number of nitrogens with one attached hydrogen (secondary N) is 1. The van der Waals surface area contributed by atoms with E-state index in [1.165, 1.54) is 16.2 Å². The Labute approximate surface area is 162 Å². The summed E-state index contributed by atoms with van der Waals surface area (Å²) in [4.78, 5) is 7.39. The molecule has 0 saturated carbocycles. The number of thiazole rings is 1. The Morgan fingerprint density at radius 1 is 1.26 bits per heavy atom. The molecule has 1 aliphatic heterocycles. The van der Waals surface area contributed by atoms with E-state index in [9.17, 15) is 5.11 Å². The minimum atomic E-state index is -0.0153. The van der Waals surface area contributed by atoms with Crippen LogP contribution in [-0.2, 0) is 4.74 Å². The molecule has 3 atom stereocenters. The summed E-state index contributed by atoms with van der Waals surface area (Å²) in [6.45, 7) is 7.77. The zero-order valence-corrected chi connectivity index (χ0v) is 16.8. The van der Waals surface area contributed by atoms with Crippen molar-refractivity contribution in [2.24, 2.45) is 0 Å². The molecule has 27 heavy (non-hydrogen) atoms. The van der Waals surface area contributed by atoms with E-state index in [4.69, 9.17) is 9.47 Å². The van der Waals surface area contributed by atoms with E-state index in [0.29, 0.717) is 10.8 Å². The highest BCUT2D eigenvalue weighted by Gasteiger charge is 2.37. The standard InChI is InChI=1S/C19H24N4O3S/c1-11-9-22(10-12(2)26-11)16(14-5-7-15(25-4)8-6-14)17-18(24)23-19(27-17)20-13(3)21-23/h5-8,11-12,16,24H,9-10H2,1-4H3/p+1/t11-,12-,16+/m1/s1. The average molecular weight is 390 g/mol. The summed E-state index contributed by atoms with van der Waals surface area (Å²) in [5, 5.41) is 15.2. The zero-order chi connectivity index (χ0) is 19.1. The van der Waals surface area contributed by atoms with Crippen molar-refractivity contribution in [2.45, 2.75) is 39.0 Å². The van der Waals surface area contributed by atoms with Gasteiger partial charge in [-0.25, -0.2) is 4.98 Å². The number of methoxy groups -OCH3 is 1. The van der Waals surface area contributed by atoms with E-state index in [2.05, 4.69) is 36.1 Å². The minimum absolute atomic E-state index is 0.0153. The van der Waals surface area contributed by atoms with Crippen molar-refractivity contribution in [3.63, 3.8) is 0 Å². The van der Waals surface area contributed by atoms with Crippen molar-refractivity contribution in [1.29, 1.82) is 0 Å². The maximum atomic E-state index is 10.9. The first-order valence-electron chi connectivity index (χ1n) is 9.15. The van der Waals surface area contributed by atoms with Crippen molar-refractivity contribution in [2.75, 3.05) is 20.2 Å². The highest BCUT2D eigenvalue weighted by molar-refractivity contribution is 7.17. The summed E-state index contributed by atoms with van der Waals surface area (Å²) in [6, 6.07) is 8.06. The quantitative estimate of drug-likeness (QED) is 0.709. The van der Waals surface area contributed by atoms with Crippen LogP contribution in [0.25, 0.3) is 4.96 Å². The lowest BCUT2D eigenvalue weighted by atomic mass is 10.0. The number of hydrogen-bond acceptors (Lipinski definition) is 6. The number of benzene rings is 1. The topological polar surface area (TPSA) is 73.3 Å². The number of fused-ring (bicyclic) bond motifs is 1. The number of ether oxygens (including phenoxy) is 2. The predicted molar refractivity (Wildman–Crippen MR) is 103 cm³/mol. The van der Waals surface area contributed by atoms with Crippen molar-refractivity contribution in [3.8, 4) is 11.6 Å². The molecule has 0 bridgehead atoms. The molecule has 3 heterocycles. The largest absolute Gasteiger partial charge is 0.497 e. The second kappa shape index (κ2) is 7.10. The van der Waals surface area contributed by atoms with Gasteiger partial charge in [0.1, 0.15) is 41.7 Å². The third-order valence-corrected chi connectivity index (χ3v) is 6.07. The Morgan fingerprint density at radius 3 is 2.52 bits per heavy atom. The van der Waals surface area contributed by atoms with Crippen LogP contribution in [0.2, 0.25) is 0 Å². The van der Waals surface area contributed by atoms with Crippen molar-refractivity contribution >= 4 is 16.3 Å². The van der Waals surface area contributed by atoms with Gasteiger partial charge in [-0.1, -0.05) is 11.3 Å². The predicted octanol–water partition coefficient (Wildman–Crippen LogP) is 1.59. The van der Waals surface area contributed by atoms with Gasteiger partial charge in [-0.15, -0.1) is 5.10 Å². The molecule has 3 aromatic rings. The summed E-state index contributed by atoms with van der Waals surface area (Å²) < 4.78 is 12.8. The molecular weight excluding hydrogens is 364 g/mol. The van der Waals surface area contributed by atoms with Gasteiger partial charge in [0, 0.05) is 5.56 Å². The van der Waals surface area contributed by atoms with Crippen LogP contribution < -0.4 is 9.64 Å². The lowest BCUT2D eigenvalue weighted by Crippen LogP contribution is -3.15. The van der Waals surface area contributed by atoms with Gasteiger partial charge in [-0.05, 0) is 45.0 Å². The monoisotopic (exact) mass is 389 g/mol. The molecule has 0 unspecified atom stereocenters. The minimum Gasteiger partial charge on any atom is -0.497 e. The number of quaternary nitrogens is 1. The molecule has 2 aromatic heterocycles. The molecule has 2 N–H and O–H groups in total. The number of aryl methyl sites for hydroxylation is 1. The Bertz CT molecular complexity index is 926. The lowest BCUT2D eigenvalue weighted by Gasteiger charge is -2.37. The van der Waals surface area contributed by atoms with Crippen LogP contribution in [0.3, 0.4) is 0 Å². The van der Waals surface area contributed by atoms with Crippen LogP contribution in [-0.4, -0.2) is 52.1 Å². The Kier molecular flexibility index (Phi) is 4.79. The highest BCUT2D eigenvalue weighted by Crippen LogP contribution is 2.35. The van der Waals surface area contributed by atoms with E-state index in [-0.39, 0.29) is 24.1 Å². The van der Waals surface area contributed by atoms with Crippen LogP contribution in [0.5, 0.6) is 11.6 Å². The van der Waals surface area contributed by atoms with Gasteiger partial charge in [0.2, 0.25) is 10.8 Å². The zero-order valence-electron chi connectivity index (χ0n) is 16.0. The van der Waals surface area contributed by atoms with Gasteiger partial charge in [-0.3, -0.25) is 0 Å². The van der Waals surface area contributed by atoms with Crippen LogP contribution in [0.15, 0.2) is 24.3 Å². The number of morpholine rings is 1. The van der Waals surface area contributed by atoms with Gasteiger partial charge in [0.25, 0.3) is 0 Å². The van der Waals surface area contributed by atoms with Gasteiger partial charge < -0.3 is 19.5 Å². The third kappa shape index (κ3) is 3.40. The molecule has 7 nitrogen and oxygen atoms in total. The molecule has 8 heteroatoms. The fraction of sp³-hybridized carbons (Fsp3) is 0.474. The normalized spacial score (nSPS) is 24.2. The van der Waals surface area contributed by atoms with Crippen LogP contribution in [0.4, 0.5) is 0 Å². The summed E-state index contributed by atoms with van der Waals surface area (Å²) in [5.41, 5.74) is 1.13. The van der Waals surface area contributed by atoms with E-state index in [1.807, 2.05) is 19.1 Å². The molecule has 1 aliphatic rings. The van der Waals surface area contributed by atoms with Gasteiger partial charge in [0.15, 0.2) is 6.04 Å². The Morgan fingerprint density at radius 2 is 1.93 bits per heavy atom. The molecule has 1 saturated heterocycles. The highest BCUT2D eigenvalue weighted by atomic mass is 32.1. The van der Waals surface area contributed by atoms with Gasteiger partial charge in [-0.2, -0.15) is 4.52 Å². The molecule has 0 amide bonds. The molecular formula is C19H25N4O3S+. The number of nitrogens with zero attached hydrogens (tertiary/aromatic N) is 3. The average Bonchev–Trinajstić information content (AvgIpc) is 3.13. The SMILES string of the molecule is COc1ccc([C@@H](c2sc3nc(C)nn3c2O)[NH+]2C[C@@H](C)O[C@H](C)C2)cc1. The third-order valence-electron chi connectivity index (χ3n) is 4.99. The second-order valence-electron chi connectivity index (χ2n) is 7.17. The molecule has 1 fully saturated rings. The number of rotatable bonds is 4. The smallest absolute Gasteiger partial charge is 0.235 e. The number of aromatic hydroxyl groups is 1. The fourth-order valence-corrected chi connectivity index (χ4v) is 5.14. The van der Waals surface area contributed by atoms with E-state index >= 15 is 0 Å². The Balaban J connectivity index is 1.80. The molecule has 0 radical (unpaired) electrons. The molecule has 144 valence electrons. The molecule has 4 rings (SSSR count). The van der Waals surface area contributed by atoms with Crippen LogP contribution in [0.1, 0.15) is 36.2 Å².